The Kier molecular flexibility index (Phi) is 5.03. The molecule has 1 aliphatic rings. The molecule has 0 spiro atoms. The lowest BCUT2D eigenvalue weighted by atomic mass is 9.91. The number of aromatic nitrogens is 2. The zero-order chi connectivity index (χ0) is 21.5. The number of rotatable bonds is 4. The summed E-state index contributed by atoms with van der Waals surface area (Å²) < 4.78 is 1.79. The van der Waals surface area contributed by atoms with Crippen LogP contribution in [0.4, 0.5) is 0 Å². The van der Waals surface area contributed by atoms with Crippen molar-refractivity contribution in [1.82, 2.24) is 14.5 Å². The molecule has 0 saturated carbocycles. The van der Waals surface area contributed by atoms with E-state index in [4.69, 9.17) is 5.73 Å². The number of nitrogens with two attached hydrogens (primary N) is 1. The number of benzene rings is 2. The lowest BCUT2D eigenvalue weighted by Crippen LogP contribution is -2.56. The predicted molar refractivity (Wildman–Crippen MR) is 113 cm³/mol. The van der Waals surface area contributed by atoms with Crippen LogP contribution in [0, 0.1) is 0 Å². The molecule has 1 fully saturated rings. The highest BCUT2D eigenvalue weighted by atomic mass is 16.3. The number of H-pyrrole nitrogens is 1. The van der Waals surface area contributed by atoms with Gasteiger partial charge in [-0.2, -0.15) is 0 Å². The van der Waals surface area contributed by atoms with Gasteiger partial charge in [0.15, 0.2) is 11.5 Å². The van der Waals surface area contributed by atoms with Crippen LogP contribution in [-0.2, 0) is 11.2 Å². The summed E-state index contributed by atoms with van der Waals surface area (Å²) in [5, 5.41) is 19.1. The Morgan fingerprint density at radius 1 is 1.17 bits per heavy atom. The molecule has 1 saturated heterocycles. The van der Waals surface area contributed by atoms with Gasteiger partial charge in [0.25, 0.3) is 0 Å². The standard InChI is InChI=1S/C22H26N4O4/c1-22(23,13-14-6-7-18(27)19(28)12-14)20(29)25-10-8-15(9-11-25)26-17-5-3-2-4-16(17)24-21(26)30/h2-7,12,15,27-28H,8-11,13,23H2,1H3,(H,24,30)/t22-/m0/s1. The summed E-state index contributed by atoms with van der Waals surface area (Å²) in [6.07, 6.45) is 1.58. The highest BCUT2D eigenvalue weighted by Crippen LogP contribution is 2.29. The number of nitrogens with one attached hydrogen (secondary N) is 1. The number of likely N-dealkylation sites (tertiary alicyclic amines) is 1. The van der Waals surface area contributed by atoms with Gasteiger partial charge in [-0.15, -0.1) is 0 Å². The van der Waals surface area contributed by atoms with Gasteiger partial charge in [-0.05, 0) is 56.0 Å². The van der Waals surface area contributed by atoms with Crippen LogP contribution in [0.25, 0.3) is 11.0 Å². The fourth-order valence-corrected chi connectivity index (χ4v) is 4.30. The molecule has 5 N–H and O–H groups in total. The number of fused-ring (bicyclic) bond motifs is 1. The summed E-state index contributed by atoms with van der Waals surface area (Å²) in [6, 6.07) is 12.1. The van der Waals surface area contributed by atoms with E-state index in [1.54, 1.807) is 22.5 Å². The predicted octanol–water partition coefficient (Wildman–Crippen LogP) is 1.86. The third-order valence-electron chi connectivity index (χ3n) is 5.84. The van der Waals surface area contributed by atoms with Crippen molar-refractivity contribution in [3.8, 4) is 11.5 Å². The van der Waals surface area contributed by atoms with E-state index < -0.39 is 5.54 Å². The van der Waals surface area contributed by atoms with E-state index in [-0.39, 0.29) is 35.6 Å². The number of aromatic hydroxyl groups is 2. The Morgan fingerprint density at radius 3 is 2.57 bits per heavy atom. The van der Waals surface area contributed by atoms with Crippen molar-refractivity contribution in [3.05, 3.63) is 58.5 Å². The molecule has 0 aliphatic carbocycles. The number of carbonyl (C=O) groups excluding carboxylic acids is 1. The maximum Gasteiger partial charge on any atom is 0.326 e. The maximum atomic E-state index is 13.1. The molecule has 158 valence electrons. The summed E-state index contributed by atoms with van der Waals surface area (Å²) >= 11 is 0. The van der Waals surface area contributed by atoms with Crippen molar-refractivity contribution < 1.29 is 15.0 Å². The molecule has 8 heteroatoms. The summed E-state index contributed by atoms with van der Waals surface area (Å²) in [5.74, 6) is -0.612. The van der Waals surface area contributed by atoms with E-state index in [0.29, 0.717) is 31.5 Å². The van der Waals surface area contributed by atoms with Crippen molar-refractivity contribution in [2.24, 2.45) is 5.73 Å². The first-order chi connectivity index (χ1) is 14.3. The van der Waals surface area contributed by atoms with Gasteiger partial charge in [0.2, 0.25) is 5.91 Å². The Bertz CT molecular complexity index is 1140. The minimum Gasteiger partial charge on any atom is -0.504 e. The van der Waals surface area contributed by atoms with Crippen LogP contribution < -0.4 is 11.4 Å². The van der Waals surface area contributed by atoms with E-state index in [0.717, 1.165) is 11.0 Å². The normalized spacial score (nSPS) is 17.2. The van der Waals surface area contributed by atoms with E-state index in [9.17, 15) is 19.8 Å². The third-order valence-corrected chi connectivity index (χ3v) is 5.84. The fourth-order valence-electron chi connectivity index (χ4n) is 4.30. The lowest BCUT2D eigenvalue weighted by Gasteiger charge is -2.37. The molecule has 8 nitrogen and oxygen atoms in total. The maximum absolute atomic E-state index is 13.1. The summed E-state index contributed by atoms with van der Waals surface area (Å²) in [6.45, 7) is 2.71. The molecule has 1 aromatic heterocycles. The average Bonchev–Trinajstić information content (AvgIpc) is 3.06. The molecule has 2 heterocycles. The topological polar surface area (TPSA) is 125 Å². The summed E-state index contributed by atoms with van der Waals surface area (Å²) in [7, 11) is 0. The highest BCUT2D eigenvalue weighted by molar-refractivity contribution is 5.86. The lowest BCUT2D eigenvalue weighted by molar-refractivity contribution is -0.137. The number of amides is 1. The van der Waals surface area contributed by atoms with E-state index in [2.05, 4.69) is 4.98 Å². The van der Waals surface area contributed by atoms with Gasteiger partial charge >= 0.3 is 5.69 Å². The van der Waals surface area contributed by atoms with E-state index in [1.807, 2.05) is 24.3 Å². The first kappa shape index (κ1) is 20.0. The van der Waals surface area contributed by atoms with Gasteiger partial charge in [-0.25, -0.2) is 4.79 Å². The number of nitrogens with zero attached hydrogens (tertiary/aromatic N) is 2. The molecule has 1 aliphatic heterocycles. The summed E-state index contributed by atoms with van der Waals surface area (Å²) in [5.41, 5.74) is 7.43. The minimum atomic E-state index is -1.14. The second kappa shape index (κ2) is 7.53. The van der Waals surface area contributed by atoms with Gasteiger partial charge in [-0.1, -0.05) is 18.2 Å². The highest BCUT2D eigenvalue weighted by Gasteiger charge is 2.35. The largest absolute Gasteiger partial charge is 0.504 e. The van der Waals surface area contributed by atoms with Crippen LogP contribution in [-0.4, -0.2) is 49.2 Å². The number of para-hydroxylation sites is 2. The second-order valence-electron chi connectivity index (χ2n) is 8.26. The zero-order valence-electron chi connectivity index (χ0n) is 16.8. The molecule has 0 radical (unpaired) electrons. The van der Waals surface area contributed by atoms with E-state index in [1.165, 1.54) is 12.1 Å². The number of piperidine rings is 1. The van der Waals surface area contributed by atoms with Gasteiger partial charge < -0.3 is 25.8 Å². The number of imidazole rings is 1. The van der Waals surface area contributed by atoms with Crippen LogP contribution in [0.3, 0.4) is 0 Å². The molecule has 30 heavy (non-hydrogen) atoms. The van der Waals surface area contributed by atoms with Crippen LogP contribution in [0.15, 0.2) is 47.3 Å². The van der Waals surface area contributed by atoms with Crippen molar-refractivity contribution in [2.75, 3.05) is 13.1 Å². The van der Waals surface area contributed by atoms with Crippen molar-refractivity contribution >= 4 is 16.9 Å². The Hall–Kier alpha value is -3.26. The molecule has 0 bridgehead atoms. The Balaban J connectivity index is 1.45. The monoisotopic (exact) mass is 410 g/mol. The number of phenolic OH excluding ortho intramolecular Hbond substituents is 2. The molecular formula is C22H26N4O4. The second-order valence-corrected chi connectivity index (χ2v) is 8.26. The Labute approximate surface area is 173 Å². The van der Waals surface area contributed by atoms with Gasteiger partial charge in [0, 0.05) is 19.1 Å². The molecule has 0 unspecified atom stereocenters. The number of hydrogen-bond donors (Lipinski definition) is 4. The minimum absolute atomic E-state index is 0.0239. The molecule has 2 aromatic carbocycles. The quantitative estimate of drug-likeness (QED) is 0.489. The van der Waals surface area contributed by atoms with Gasteiger partial charge in [0.05, 0.1) is 16.6 Å². The molecule has 1 amide bonds. The number of phenols is 2. The fraction of sp³-hybridized carbons (Fsp3) is 0.364. The molecule has 4 rings (SSSR count). The number of carbonyl (C=O) groups is 1. The van der Waals surface area contributed by atoms with Crippen molar-refractivity contribution in [2.45, 2.75) is 37.8 Å². The van der Waals surface area contributed by atoms with Gasteiger partial charge in [-0.3, -0.25) is 9.36 Å². The van der Waals surface area contributed by atoms with Gasteiger partial charge in [0.1, 0.15) is 0 Å². The number of hydrogen-bond acceptors (Lipinski definition) is 5. The first-order valence-electron chi connectivity index (χ1n) is 10.0. The SMILES string of the molecule is C[C@](N)(Cc1ccc(O)c(O)c1)C(=O)N1CCC(n2c(=O)[nH]c3ccccc32)CC1. The van der Waals surface area contributed by atoms with Crippen molar-refractivity contribution in [3.63, 3.8) is 0 Å². The zero-order valence-corrected chi connectivity index (χ0v) is 16.8. The number of aromatic amines is 1. The smallest absolute Gasteiger partial charge is 0.326 e. The van der Waals surface area contributed by atoms with Crippen LogP contribution in [0.1, 0.15) is 31.4 Å². The van der Waals surface area contributed by atoms with Crippen molar-refractivity contribution in [1.29, 1.82) is 0 Å². The average molecular weight is 410 g/mol. The summed E-state index contributed by atoms with van der Waals surface area (Å²) in [4.78, 5) is 30.1. The molecular weight excluding hydrogens is 384 g/mol. The molecule has 3 aromatic rings. The first-order valence-corrected chi connectivity index (χ1v) is 10.0. The van der Waals surface area contributed by atoms with Crippen LogP contribution in [0.2, 0.25) is 0 Å². The molecule has 1 atom stereocenters. The van der Waals surface area contributed by atoms with Crippen LogP contribution in [0.5, 0.6) is 11.5 Å². The van der Waals surface area contributed by atoms with E-state index >= 15 is 0 Å². The van der Waals surface area contributed by atoms with Crippen LogP contribution >= 0.6 is 0 Å². The Morgan fingerprint density at radius 2 is 1.87 bits per heavy atom. The third kappa shape index (κ3) is 3.66.